The Morgan fingerprint density at radius 2 is 1.75 bits per heavy atom. The van der Waals surface area contributed by atoms with Gasteiger partial charge in [0, 0.05) is 31.2 Å². The minimum absolute atomic E-state index is 0.0206. The van der Waals surface area contributed by atoms with Gasteiger partial charge in [0.1, 0.15) is 0 Å². The van der Waals surface area contributed by atoms with Gasteiger partial charge in [-0.3, -0.25) is 0 Å². The van der Waals surface area contributed by atoms with Crippen LogP contribution in [-0.2, 0) is 0 Å². The highest BCUT2D eigenvalue weighted by atomic mass is 32.2. The average Bonchev–Trinajstić information content (AvgIpc) is 1.93. The summed E-state index contributed by atoms with van der Waals surface area (Å²) in [6.45, 7) is 5.21. The van der Waals surface area contributed by atoms with Gasteiger partial charge in [-0.05, 0) is 0 Å². The minimum Gasteiger partial charge on any atom is -0.250 e. The van der Waals surface area contributed by atoms with Crippen LogP contribution in [0.4, 0.5) is 8.78 Å². The van der Waals surface area contributed by atoms with Crippen LogP contribution in [0.1, 0.15) is 26.7 Å². The van der Waals surface area contributed by atoms with E-state index in [4.69, 9.17) is 0 Å². The maximum atomic E-state index is 12.7. The zero-order chi connectivity index (χ0) is 9.19. The Bertz CT molecular complexity index is 140. The molecule has 0 spiro atoms. The molecule has 0 aromatic rings. The molecule has 0 aromatic carbocycles. The van der Waals surface area contributed by atoms with E-state index in [-0.39, 0.29) is 12.8 Å². The van der Waals surface area contributed by atoms with Gasteiger partial charge in [0.2, 0.25) is 0 Å². The molecule has 1 nitrogen and oxygen atoms in total. The number of hydrogen-bond acceptors (Lipinski definition) is 2. The molecular weight excluding hydrogens is 180 g/mol. The number of alkyl halides is 2. The molecule has 0 radical (unpaired) electrons. The van der Waals surface area contributed by atoms with Crippen LogP contribution < -0.4 is 0 Å². The molecule has 0 unspecified atom stereocenters. The molecule has 0 N–H and O–H groups in total. The molecule has 0 saturated carbocycles. The van der Waals surface area contributed by atoms with E-state index in [1.807, 2.05) is 4.31 Å². The lowest BCUT2D eigenvalue weighted by Crippen LogP contribution is -2.36. The van der Waals surface area contributed by atoms with Crippen molar-refractivity contribution in [3.05, 3.63) is 0 Å². The molecule has 1 heterocycles. The summed E-state index contributed by atoms with van der Waals surface area (Å²) in [6, 6.07) is 0. The van der Waals surface area contributed by atoms with Crippen molar-refractivity contribution in [1.29, 1.82) is 0 Å². The molecule has 1 fully saturated rings. The van der Waals surface area contributed by atoms with Gasteiger partial charge in [-0.1, -0.05) is 25.8 Å². The zero-order valence-electron chi connectivity index (χ0n) is 7.52. The summed E-state index contributed by atoms with van der Waals surface area (Å²) >= 11 is 1.68. The van der Waals surface area contributed by atoms with Crippen molar-refractivity contribution in [2.24, 2.45) is 0 Å². The Hall–Kier alpha value is 0.170. The van der Waals surface area contributed by atoms with Gasteiger partial charge >= 0.3 is 0 Å². The summed E-state index contributed by atoms with van der Waals surface area (Å²) in [7, 11) is 0. The normalized spacial score (nSPS) is 24.8. The van der Waals surface area contributed by atoms with Gasteiger partial charge in [-0.2, -0.15) is 0 Å². The quantitative estimate of drug-likeness (QED) is 0.623. The summed E-state index contributed by atoms with van der Waals surface area (Å²) in [5, 5.41) is 0.497. The van der Waals surface area contributed by atoms with E-state index in [1.54, 1.807) is 11.9 Å². The van der Waals surface area contributed by atoms with E-state index < -0.39 is 5.92 Å². The Kier molecular flexibility index (Phi) is 3.35. The fraction of sp³-hybridized carbons (Fsp3) is 1.00. The van der Waals surface area contributed by atoms with Crippen LogP contribution in [-0.4, -0.2) is 28.6 Å². The van der Waals surface area contributed by atoms with E-state index in [2.05, 4.69) is 13.8 Å². The maximum Gasteiger partial charge on any atom is 0.250 e. The van der Waals surface area contributed by atoms with Crippen molar-refractivity contribution in [3.63, 3.8) is 0 Å². The first-order valence-electron chi connectivity index (χ1n) is 4.29. The minimum atomic E-state index is -2.41. The van der Waals surface area contributed by atoms with E-state index >= 15 is 0 Å². The average molecular weight is 195 g/mol. The summed E-state index contributed by atoms with van der Waals surface area (Å²) in [6.07, 6.45) is 0.0411. The molecule has 0 amide bonds. The number of nitrogens with zero attached hydrogens (tertiary/aromatic N) is 1. The Labute approximate surface area is 76.6 Å². The molecule has 1 rings (SSSR count). The zero-order valence-corrected chi connectivity index (χ0v) is 8.33. The van der Waals surface area contributed by atoms with Gasteiger partial charge in [-0.25, -0.2) is 13.1 Å². The third-order valence-electron chi connectivity index (χ3n) is 1.81. The summed E-state index contributed by atoms with van der Waals surface area (Å²) in [4.78, 5) is 0. The molecule has 1 aliphatic rings. The first-order chi connectivity index (χ1) is 5.49. The Morgan fingerprint density at radius 1 is 1.25 bits per heavy atom. The fourth-order valence-electron chi connectivity index (χ4n) is 1.22. The molecule has 0 aliphatic carbocycles. The monoisotopic (exact) mass is 195 g/mol. The van der Waals surface area contributed by atoms with Gasteiger partial charge in [0.25, 0.3) is 5.92 Å². The smallest absolute Gasteiger partial charge is 0.250 e. The molecule has 72 valence electrons. The van der Waals surface area contributed by atoms with Crippen molar-refractivity contribution in [1.82, 2.24) is 4.31 Å². The maximum absolute atomic E-state index is 12.7. The van der Waals surface area contributed by atoms with Crippen LogP contribution in [0.3, 0.4) is 0 Å². The van der Waals surface area contributed by atoms with Crippen LogP contribution in [0, 0.1) is 0 Å². The highest BCUT2D eigenvalue weighted by Gasteiger charge is 2.34. The van der Waals surface area contributed by atoms with E-state index in [9.17, 15) is 8.78 Å². The third-order valence-corrected chi connectivity index (χ3v) is 2.90. The topological polar surface area (TPSA) is 3.24 Å². The predicted molar refractivity (Wildman–Crippen MR) is 48.5 cm³/mol. The standard InChI is InChI=1S/C8H15F2NS/c1-7(2)12-11-5-3-8(9,10)4-6-11/h7H,3-6H2,1-2H3. The SMILES string of the molecule is CC(C)SN1CCC(F)(F)CC1. The van der Waals surface area contributed by atoms with Crippen LogP contribution in [0.15, 0.2) is 0 Å². The van der Waals surface area contributed by atoms with Gasteiger partial charge < -0.3 is 0 Å². The van der Waals surface area contributed by atoms with Crippen LogP contribution in [0.25, 0.3) is 0 Å². The molecular formula is C8H15F2NS. The Balaban J connectivity index is 2.27. The molecule has 1 aliphatic heterocycles. The second-order valence-corrected chi connectivity index (χ2v) is 5.11. The van der Waals surface area contributed by atoms with Gasteiger partial charge in [-0.15, -0.1) is 0 Å². The molecule has 0 atom stereocenters. The van der Waals surface area contributed by atoms with Crippen molar-refractivity contribution in [2.75, 3.05) is 13.1 Å². The fourth-order valence-corrected chi connectivity index (χ4v) is 2.21. The van der Waals surface area contributed by atoms with E-state index in [0.717, 1.165) is 0 Å². The van der Waals surface area contributed by atoms with Crippen molar-refractivity contribution in [3.8, 4) is 0 Å². The first-order valence-corrected chi connectivity index (χ1v) is 5.13. The Morgan fingerprint density at radius 3 is 2.17 bits per heavy atom. The van der Waals surface area contributed by atoms with Gasteiger partial charge in [0.15, 0.2) is 0 Å². The van der Waals surface area contributed by atoms with Crippen molar-refractivity contribution < 1.29 is 8.78 Å². The molecule has 4 heteroatoms. The molecule has 12 heavy (non-hydrogen) atoms. The second kappa shape index (κ2) is 3.92. The van der Waals surface area contributed by atoms with Crippen LogP contribution in [0.5, 0.6) is 0 Å². The highest BCUT2D eigenvalue weighted by Crippen LogP contribution is 2.31. The second-order valence-electron chi connectivity index (χ2n) is 3.44. The summed E-state index contributed by atoms with van der Waals surface area (Å²) in [5.74, 6) is -2.41. The number of rotatable bonds is 2. The van der Waals surface area contributed by atoms with Crippen LogP contribution >= 0.6 is 11.9 Å². The van der Waals surface area contributed by atoms with Crippen LogP contribution in [0.2, 0.25) is 0 Å². The van der Waals surface area contributed by atoms with Crippen molar-refractivity contribution in [2.45, 2.75) is 37.9 Å². The van der Waals surface area contributed by atoms with Crippen molar-refractivity contribution >= 4 is 11.9 Å². The predicted octanol–water partition coefficient (Wildman–Crippen LogP) is 2.77. The lowest BCUT2D eigenvalue weighted by Gasteiger charge is -2.31. The largest absolute Gasteiger partial charge is 0.250 e. The van der Waals surface area contributed by atoms with E-state index in [1.165, 1.54) is 0 Å². The lowest BCUT2D eigenvalue weighted by molar-refractivity contribution is -0.0399. The molecule has 0 bridgehead atoms. The number of hydrogen-bond donors (Lipinski definition) is 0. The number of piperidine rings is 1. The summed E-state index contributed by atoms with van der Waals surface area (Å²) < 4.78 is 27.4. The third kappa shape index (κ3) is 3.27. The molecule has 1 saturated heterocycles. The highest BCUT2D eigenvalue weighted by molar-refractivity contribution is 7.97. The lowest BCUT2D eigenvalue weighted by atomic mass is 10.1. The summed E-state index contributed by atoms with van der Waals surface area (Å²) in [5.41, 5.74) is 0. The first kappa shape index (κ1) is 10.3. The van der Waals surface area contributed by atoms with E-state index in [0.29, 0.717) is 18.3 Å². The van der Waals surface area contributed by atoms with Gasteiger partial charge in [0.05, 0.1) is 0 Å². The number of halogens is 2. The molecule has 0 aromatic heterocycles.